The largest absolute Gasteiger partial charge is 0.497 e. The first kappa shape index (κ1) is 13.1. The number of hydrogen-bond acceptors (Lipinski definition) is 5. The maximum absolute atomic E-state index is 6.21. The van der Waals surface area contributed by atoms with Crippen LogP contribution in [0.4, 0.5) is 0 Å². The molecule has 2 heterocycles. The zero-order chi connectivity index (χ0) is 13.9. The first-order valence-electron chi connectivity index (χ1n) is 6.71. The van der Waals surface area contributed by atoms with Gasteiger partial charge in [0.15, 0.2) is 11.6 Å². The molecule has 0 radical (unpaired) electrons. The molecule has 2 aromatic rings. The van der Waals surface area contributed by atoms with Crippen LogP contribution in [0.25, 0.3) is 0 Å². The molecular formula is C14H18N4O2. The van der Waals surface area contributed by atoms with Gasteiger partial charge in [-0.3, -0.25) is 5.10 Å². The third-order valence-corrected chi connectivity index (χ3v) is 3.49. The van der Waals surface area contributed by atoms with Gasteiger partial charge in [0.05, 0.1) is 13.2 Å². The fraction of sp³-hybridized carbons (Fsp3) is 0.429. The van der Waals surface area contributed by atoms with Gasteiger partial charge in [-0.1, -0.05) is 12.1 Å². The van der Waals surface area contributed by atoms with Crippen LogP contribution in [-0.4, -0.2) is 28.9 Å². The summed E-state index contributed by atoms with van der Waals surface area (Å²) in [7, 11) is 1.63. The second-order valence-corrected chi connectivity index (χ2v) is 4.83. The van der Waals surface area contributed by atoms with Gasteiger partial charge >= 0.3 is 0 Å². The topological polar surface area (TPSA) is 86.0 Å². The SMILES string of the molecule is COc1cccc([C@@H](N)c2n[nH]c([C@H]3CCCO3)n2)c1. The van der Waals surface area contributed by atoms with Crippen molar-refractivity contribution in [1.29, 1.82) is 0 Å². The number of nitrogens with two attached hydrogens (primary N) is 1. The summed E-state index contributed by atoms with van der Waals surface area (Å²) in [5.74, 6) is 2.10. The van der Waals surface area contributed by atoms with Crippen LogP contribution in [0.1, 0.15) is 42.2 Å². The number of methoxy groups -OCH3 is 1. The van der Waals surface area contributed by atoms with Gasteiger partial charge in [0.1, 0.15) is 11.9 Å². The molecule has 1 saturated heterocycles. The molecule has 0 bridgehead atoms. The molecule has 0 aliphatic carbocycles. The Bertz CT molecular complexity index is 578. The van der Waals surface area contributed by atoms with Crippen molar-refractivity contribution in [3.63, 3.8) is 0 Å². The van der Waals surface area contributed by atoms with E-state index in [4.69, 9.17) is 15.2 Å². The number of nitrogens with zero attached hydrogens (tertiary/aromatic N) is 2. The standard InChI is InChI=1S/C14H18N4O2/c1-19-10-5-2-4-9(8-10)12(15)14-16-13(17-18-14)11-6-3-7-20-11/h2,4-5,8,11-12H,3,6-7,15H2,1H3,(H,16,17,18)/t11-,12-/m1/s1. The van der Waals surface area contributed by atoms with E-state index in [0.29, 0.717) is 5.82 Å². The molecule has 0 amide bonds. The van der Waals surface area contributed by atoms with E-state index in [-0.39, 0.29) is 12.1 Å². The van der Waals surface area contributed by atoms with Crippen LogP contribution in [0.2, 0.25) is 0 Å². The molecule has 1 aromatic carbocycles. The van der Waals surface area contributed by atoms with Crippen molar-refractivity contribution in [2.75, 3.05) is 13.7 Å². The number of H-pyrrole nitrogens is 1. The van der Waals surface area contributed by atoms with E-state index in [1.165, 1.54) is 0 Å². The zero-order valence-electron chi connectivity index (χ0n) is 11.4. The van der Waals surface area contributed by atoms with Crippen LogP contribution >= 0.6 is 0 Å². The van der Waals surface area contributed by atoms with E-state index in [9.17, 15) is 0 Å². The van der Waals surface area contributed by atoms with Crippen LogP contribution in [0, 0.1) is 0 Å². The molecule has 3 N–H and O–H groups in total. The maximum Gasteiger partial charge on any atom is 0.171 e. The Balaban J connectivity index is 1.80. The zero-order valence-corrected chi connectivity index (χ0v) is 11.4. The van der Waals surface area contributed by atoms with Crippen molar-refractivity contribution in [2.45, 2.75) is 25.0 Å². The van der Waals surface area contributed by atoms with Gasteiger partial charge in [-0.05, 0) is 30.5 Å². The number of aromatic amines is 1. The minimum Gasteiger partial charge on any atom is -0.497 e. The molecule has 6 nitrogen and oxygen atoms in total. The van der Waals surface area contributed by atoms with E-state index in [1.807, 2.05) is 24.3 Å². The average molecular weight is 274 g/mol. The first-order chi connectivity index (χ1) is 9.78. The Kier molecular flexibility index (Phi) is 3.66. The minimum absolute atomic E-state index is 0.0220. The van der Waals surface area contributed by atoms with Gasteiger partial charge in [0, 0.05) is 6.61 Å². The Morgan fingerprint density at radius 3 is 3.15 bits per heavy atom. The predicted molar refractivity (Wildman–Crippen MR) is 73.3 cm³/mol. The lowest BCUT2D eigenvalue weighted by molar-refractivity contribution is 0.105. The van der Waals surface area contributed by atoms with Crippen molar-refractivity contribution < 1.29 is 9.47 Å². The fourth-order valence-electron chi connectivity index (χ4n) is 2.35. The van der Waals surface area contributed by atoms with Gasteiger partial charge in [-0.15, -0.1) is 0 Å². The number of rotatable bonds is 4. The summed E-state index contributed by atoms with van der Waals surface area (Å²) in [4.78, 5) is 4.47. The summed E-state index contributed by atoms with van der Waals surface area (Å²) in [5, 5.41) is 7.14. The lowest BCUT2D eigenvalue weighted by atomic mass is 10.1. The molecule has 1 aromatic heterocycles. The van der Waals surface area contributed by atoms with Crippen molar-refractivity contribution in [3.05, 3.63) is 41.5 Å². The molecule has 6 heteroatoms. The number of nitrogens with one attached hydrogen (secondary N) is 1. The molecule has 0 saturated carbocycles. The Labute approximate surface area is 117 Å². The number of benzene rings is 1. The van der Waals surface area contributed by atoms with Gasteiger partial charge in [0.2, 0.25) is 0 Å². The molecule has 1 fully saturated rings. The molecule has 3 rings (SSSR count). The summed E-state index contributed by atoms with van der Waals surface area (Å²) in [6.07, 6.45) is 2.06. The van der Waals surface area contributed by atoms with E-state index in [0.717, 1.165) is 36.6 Å². The number of ether oxygens (including phenoxy) is 2. The Hall–Kier alpha value is -1.92. The highest BCUT2D eigenvalue weighted by Gasteiger charge is 2.23. The van der Waals surface area contributed by atoms with E-state index < -0.39 is 0 Å². The molecule has 1 aliphatic rings. The minimum atomic E-state index is -0.378. The molecular weight excluding hydrogens is 256 g/mol. The maximum atomic E-state index is 6.21. The molecule has 20 heavy (non-hydrogen) atoms. The highest BCUT2D eigenvalue weighted by molar-refractivity contribution is 5.32. The van der Waals surface area contributed by atoms with Crippen molar-refractivity contribution >= 4 is 0 Å². The normalized spacial score (nSPS) is 20.0. The highest BCUT2D eigenvalue weighted by atomic mass is 16.5. The summed E-state index contributed by atoms with van der Waals surface area (Å²) in [6.45, 7) is 0.780. The van der Waals surface area contributed by atoms with Crippen LogP contribution in [0.3, 0.4) is 0 Å². The lowest BCUT2D eigenvalue weighted by Gasteiger charge is -2.09. The van der Waals surface area contributed by atoms with Gasteiger partial charge < -0.3 is 15.2 Å². The van der Waals surface area contributed by atoms with Crippen LogP contribution < -0.4 is 10.5 Å². The molecule has 106 valence electrons. The molecule has 2 atom stereocenters. The fourth-order valence-corrected chi connectivity index (χ4v) is 2.35. The molecule has 0 unspecified atom stereocenters. The van der Waals surface area contributed by atoms with Crippen LogP contribution in [-0.2, 0) is 4.74 Å². The smallest absolute Gasteiger partial charge is 0.171 e. The highest BCUT2D eigenvalue weighted by Crippen LogP contribution is 2.27. The Morgan fingerprint density at radius 2 is 2.40 bits per heavy atom. The summed E-state index contributed by atoms with van der Waals surface area (Å²) in [6, 6.07) is 7.24. The van der Waals surface area contributed by atoms with Crippen LogP contribution in [0.5, 0.6) is 5.75 Å². The van der Waals surface area contributed by atoms with Crippen LogP contribution in [0.15, 0.2) is 24.3 Å². The lowest BCUT2D eigenvalue weighted by Crippen LogP contribution is -2.14. The van der Waals surface area contributed by atoms with Crippen molar-refractivity contribution in [3.8, 4) is 5.75 Å². The van der Waals surface area contributed by atoms with E-state index in [2.05, 4.69) is 15.2 Å². The molecule has 1 aliphatic heterocycles. The molecule has 0 spiro atoms. The van der Waals surface area contributed by atoms with Gasteiger partial charge in [-0.25, -0.2) is 4.98 Å². The quantitative estimate of drug-likeness (QED) is 0.886. The second kappa shape index (κ2) is 5.60. The summed E-state index contributed by atoms with van der Waals surface area (Å²) >= 11 is 0. The number of aromatic nitrogens is 3. The Morgan fingerprint density at radius 1 is 1.50 bits per heavy atom. The summed E-state index contributed by atoms with van der Waals surface area (Å²) < 4.78 is 10.8. The summed E-state index contributed by atoms with van der Waals surface area (Å²) in [5.41, 5.74) is 7.13. The van der Waals surface area contributed by atoms with Crippen molar-refractivity contribution in [1.82, 2.24) is 15.2 Å². The van der Waals surface area contributed by atoms with Gasteiger partial charge in [0.25, 0.3) is 0 Å². The number of hydrogen-bond donors (Lipinski definition) is 2. The third kappa shape index (κ3) is 2.52. The average Bonchev–Trinajstić information content (AvgIpc) is 3.17. The monoisotopic (exact) mass is 274 g/mol. The van der Waals surface area contributed by atoms with Gasteiger partial charge in [-0.2, -0.15) is 5.10 Å². The van der Waals surface area contributed by atoms with E-state index in [1.54, 1.807) is 7.11 Å². The second-order valence-electron chi connectivity index (χ2n) is 4.83. The first-order valence-corrected chi connectivity index (χ1v) is 6.71. The predicted octanol–water partition coefficient (Wildman–Crippen LogP) is 1.71. The van der Waals surface area contributed by atoms with E-state index >= 15 is 0 Å². The van der Waals surface area contributed by atoms with Crippen molar-refractivity contribution in [2.24, 2.45) is 5.73 Å². The third-order valence-electron chi connectivity index (χ3n) is 3.49.